The Bertz CT molecular complexity index is 564. The lowest BCUT2D eigenvalue weighted by Gasteiger charge is -2.27. The summed E-state index contributed by atoms with van der Waals surface area (Å²) in [6.45, 7) is 4.32. The van der Waals surface area contributed by atoms with E-state index in [1.165, 1.54) is 11.3 Å². The summed E-state index contributed by atoms with van der Waals surface area (Å²) in [7, 11) is -3.28. The average Bonchev–Trinajstić information content (AvgIpc) is 3.00. The van der Waals surface area contributed by atoms with Crippen LogP contribution in [-0.2, 0) is 13.6 Å². The van der Waals surface area contributed by atoms with Crippen molar-refractivity contribution in [2.24, 2.45) is 0 Å². The molecular weight excluding hydrogens is 305 g/mol. The van der Waals surface area contributed by atoms with Crippen molar-refractivity contribution in [2.45, 2.75) is 19.6 Å². The minimum Gasteiger partial charge on any atom is -0.367 e. The first-order chi connectivity index (χ1) is 10.2. The van der Waals surface area contributed by atoms with Gasteiger partial charge in [0.1, 0.15) is 0 Å². The molecular formula is C15H20NO3PS. The lowest BCUT2D eigenvalue weighted by molar-refractivity contribution is 0.214. The number of hydrogen-bond donors (Lipinski definition) is 1. The summed E-state index contributed by atoms with van der Waals surface area (Å²) in [5.74, 6) is -0.500. The Morgan fingerprint density at radius 3 is 2.29 bits per heavy atom. The predicted octanol–water partition coefficient (Wildman–Crippen LogP) is 5.12. The van der Waals surface area contributed by atoms with Crippen LogP contribution in [-0.4, -0.2) is 13.2 Å². The summed E-state index contributed by atoms with van der Waals surface area (Å²) in [5, 5.41) is 5.24. The molecule has 4 nitrogen and oxygen atoms in total. The van der Waals surface area contributed by atoms with E-state index in [1.54, 1.807) is 0 Å². The molecule has 0 saturated carbocycles. The van der Waals surface area contributed by atoms with Crippen LogP contribution in [0.1, 0.15) is 24.5 Å². The van der Waals surface area contributed by atoms with E-state index in [4.69, 9.17) is 9.05 Å². The van der Waals surface area contributed by atoms with Crippen molar-refractivity contribution in [1.29, 1.82) is 0 Å². The molecule has 2 aromatic rings. The SMILES string of the molecule is CCOP(=O)(OCC)[C@@H](Nc1ccccc1)c1cccs1. The first-order valence-electron chi connectivity index (χ1n) is 6.93. The highest BCUT2D eigenvalue weighted by Gasteiger charge is 2.37. The van der Waals surface area contributed by atoms with Crippen LogP contribution >= 0.6 is 18.9 Å². The van der Waals surface area contributed by atoms with Gasteiger partial charge in [-0.1, -0.05) is 24.3 Å². The molecule has 6 heteroatoms. The summed E-state index contributed by atoms with van der Waals surface area (Å²) in [6.07, 6.45) is 0. The predicted molar refractivity (Wildman–Crippen MR) is 88.0 cm³/mol. The van der Waals surface area contributed by atoms with Gasteiger partial charge >= 0.3 is 7.60 Å². The number of rotatable bonds is 8. The average molecular weight is 325 g/mol. The third-order valence-electron chi connectivity index (χ3n) is 2.82. The monoisotopic (exact) mass is 325 g/mol. The maximum atomic E-state index is 13.1. The van der Waals surface area contributed by atoms with E-state index in [0.29, 0.717) is 13.2 Å². The summed E-state index contributed by atoms with van der Waals surface area (Å²) in [4.78, 5) is 0.934. The van der Waals surface area contributed by atoms with Crippen LogP contribution in [0.5, 0.6) is 0 Å². The zero-order valence-corrected chi connectivity index (χ0v) is 13.9. The van der Waals surface area contributed by atoms with Crippen molar-refractivity contribution in [3.05, 3.63) is 52.7 Å². The molecule has 114 valence electrons. The van der Waals surface area contributed by atoms with E-state index >= 15 is 0 Å². The standard InChI is InChI=1S/C15H20NO3PS/c1-3-18-20(17,19-4-2)15(14-11-8-12-21-14)16-13-9-6-5-7-10-13/h5-12,15-16H,3-4H2,1-2H3/t15-/m1/s1. The molecule has 0 amide bonds. The summed E-state index contributed by atoms with van der Waals surface area (Å²) in [6, 6.07) is 13.5. The van der Waals surface area contributed by atoms with Gasteiger partial charge in [-0.25, -0.2) is 0 Å². The number of anilines is 1. The molecule has 1 aromatic heterocycles. The lowest BCUT2D eigenvalue weighted by atomic mass is 10.3. The van der Waals surface area contributed by atoms with Crippen molar-refractivity contribution in [1.82, 2.24) is 0 Å². The van der Waals surface area contributed by atoms with Gasteiger partial charge in [0.2, 0.25) is 0 Å². The van der Waals surface area contributed by atoms with Crippen LogP contribution in [0.25, 0.3) is 0 Å². The quantitative estimate of drug-likeness (QED) is 0.684. The number of nitrogens with one attached hydrogen (secondary N) is 1. The normalized spacial score (nSPS) is 13.0. The van der Waals surface area contributed by atoms with E-state index in [1.807, 2.05) is 61.7 Å². The van der Waals surface area contributed by atoms with E-state index in [2.05, 4.69) is 5.32 Å². The number of thiophene rings is 1. The first kappa shape index (κ1) is 16.2. The molecule has 0 unspecified atom stereocenters. The minimum absolute atomic E-state index is 0.343. The fourth-order valence-electron chi connectivity index (χ4n) is 1.99. The molecule has 0 bridgehead atoms. The van der Waals surface area contributed by atoms with Crippen LogP contribution in [0.4, 0.5) is 5.69 Å². The van der Waals surface area contributed by atoms with Crippen LogP contribution in [0.15, 0.2) is 47.8 Å². The summed E-state index contributed by atoms with van der Waals surface area (Å²) < 4.78 is 24.1. The maximum Gasteiger partial charge on any atom is 0.358 e. The van der Waals surface area contributed by atoms with Crippen LogP contribution in [0, 0.1) is 0 Å². The molecule has 1 atom stereocenters. The molecule has 0 spiro atoms. The molecule has 0 aliphatic heterocycles. The van der Waals surface area contributed by atoms with Gasteiger partial charge in [-0.3, -0.25) is 4.57 Å². The fraction of sp³-hybridized carbons (Fsp3) is 0.333. The second kappa shape index (κ2) is 7.76. The molecule has 1 N–H and O–H groups in total. The second-order valence-corrected chi connectivity index (χ2v) is 7.40. The smallest absolute Gasteiger partial charge is 0.358 e. The van der Waals surface area contributed by atoms with Gasteiger partial charge < -0.3 is 14.4 Å². The molecule has 1 aromatic carbocycles. The van der Waals surface area contributed by atoms with E-state index in [0.717, 1.165) is 10.6 Å². The number of hydrogen-bond acceptors (Lipinski definition) is 5. The Morgan fingerprint density at radius 1 is 1.10 bits per heavy atom. The molecule has 0 radical (unpaired) electrons. The molecule has 0 fully saturated rings. The van der Waals surface area contributed by atoms with Crippen LogP contribution in [0.2, 0.25) is 0 Å². The van der Waals surface area contributed by atoms with Crippen molar-refractivity contribution in [2.75, 3.05) is 18.5 Å². The fourth-order valence-corrected chi connectivity index (χ4v) is 5.02. The van der Waals surface area contributed by atoms with E-state index in [-0.39, 0.29) is 0 Å². The van der Waals surface area contributed by atoms with Crippen molar-refractivity contribution < 1.29 is 13.6 Å². The largest absolute Gasteiger partial charge is 0.367 e. The zero-order chi connectivity index (χ0) is 15.1. The topological polar surface area (TPSA) is 47.6 Å². The summed E-state index contributed by atoms with van der Waals surface area (Å²) in [5.41, 5.74) is 0.885. The van der Waals surface area contributed by atoms with Gasteiger partial charge in [0.15, 0.2) is 5.78 Å². The molecule has 0 aliphatic carbocycles. The van der Waals surface area contributed by atoms with Gasteiger partial charge in [-0.2, -0.15) is 0 Å². The Balaban J connectivity index is 2.33. The third-order valence-corrected chi connectivity index (χ3v) is 6.21. The highest BCUT2D eigenvalue weighted by atomic mass is 32.1. The van der Waals surface area contributed by atoms with Crippen molar-refractivity contribution in [3.63, 3.8) is 0 Å². The first-order valence-corrected chi connectivity index (χ1v) is 9.42. The zero-order valence-electron chi connectivity index (χ0n) is 12.2. The molecule has 2 rings (SSSR count). The van der Waals surface area contributed by atoms with Gasteiger partial charge in [0.05, 0.1) is 13.2 Å². The lowest BCUT2D eigenvalue weighted by Crippen LogP contribution is -2.14. The van der Waals surface area contributed by atoms with Crippen molar-refractivity contribution in [3.8, 4) is 0 Å². The Kier molecular flexibility index (Phi) is 6.00. The summed E-state index contributed by atoms with van der Waals surface area (Å²) >= 11 is 1.53. The Labute approximate surface area is 129 Å². The van der Waals surface area contributed by atoms with E-state index < -0.39 is 13.4 Å². The second-order valence-electron chi connectivity index (χ2n) is 4.30. The van der Waals surface area contributed by atoms with Crippen LogP contribution < -0.4 is 5.32 Å². The highest BCUT2D eigenvalue weighted by molar-refractivity contribution is 7.54. The number of benzene rings is 1. The van der Waals surface area contributed by atoms with Gasteiger partial charge in [-0.15, -0.1) is 11.3 Å². The third kappa shape index (κ3) is 4.17. The van der Waals surface area contributed by atoms with Crippen molar-refractivity contribution >= 4 is 24.6 Å². The van der Waals surface area contributed by atoms with Gasteiger partial charge in [0.25, 0.3) is 0 Å². The minimum atomic E-state index is -3.28. The molecule has 21 heavy (non-hydrogen) atoms. The Morgan fingerprint density at radius 2 is 1.76 bits per heavy atom. The number of para-hydroxylation sites is 1. The Hall–Kier alpha value is -1.13. The maximum absolute atomic E-state index is 13.1. The molecule has 0 aliphatic rings. The highest BCUT2D eigenvalue weighted by Crippen LogP contribution is 2.61. The van der Waals surface area contributed by atoms with Gasteiger partial charge in [0, 0.05) is 10.6 Å². The molecule has 0 saturated heterocycles. The van der Waals surface area contributed by atoms with Crippen LogP contribution in [0.3, 0.4) is 0 Å². The molecule has 1 heterocycles. The van der Waals surface area contributed by atoms with E-state index in [9.17, 15) is 4.57 Å². The van der Waals surface area contributed by atoms with Gasteiger partial charge in [-0.05, 0) is 37.4 Å².